The van der Waals surface area contributed by atoms with Crippen LogP contribution >= 0.6 is 11.8 Å². The Hall–Kier alpha value is -1.83. The second-order valence-electron chi connectivity index (χ2n) is 5.70. The zero-order valence-electron chi connectivity index (χ0n) is 12.6. The van der Waals surface area contributed by atoms with Crippen molar-refractivity contribution in [3.8, 4) is 0 Å². The highest BCUT2D eigenvalue weighted by molar-refractivity contribution is 8.00. The Morgan fingerprint density at radius 3 is 2.62 bits per heavy atom. The zero-order valence-corrected chi connectivity index (χ0v) is 13.4. The molecule has 7 nitrogen and oxygen atoms in total. The third-order valence-corrected chi connectivity index (χ3v) is 3.50. The van der Waals surface area contributed by atoms with Crippen LogP contribution in [0.15, 0.2) is 20.2 Å². The van der Waals surface area contributed by atoms with Crippen molar-refractivity contribution in [3.05, 3.63) is 17.7 Å². The van der Waals surface area contributed by atoms with Crippen LogP contribution in [0.4, 0.5) is 5.88 Å². The molecular formula is C13H18N4O3S. The molecule has 0 aliphatic rings. The first-order chi connectivity index (χ1) is 9.75. The molecule has 1 amide bonds. The van der Waals surface area contributed by atoms with Crippen molar-refractivity contribution in [2.75, 3.05) is 5.32 Å². The molecule has 0 aromatic carbocycles. The van der Waals surface area contributed by atoms with Gasteiger partial charge in [-0.2, -0.15) is 0 Å². The standard InChI is InChI=1S/C13H18N4O3S/c1-7-6-9(20-17-7)14-10(18)8(2)21-12-16-15-11(19-12)13(3,4)5/h6,8H,1-5H3,(H,14,18)/t8-/m1/s1. The lowest BCUT2D eigenvalue weighted by atomic mass is 9.97. The van der Waals surface area contributed by atoms with Gasteiger partial charge in [0.1, 0.15) is 0 Å². The second-order valence-corrected chi connectivity index (χ2v) is 7.00. The summed E-state index contributed by atoms with van der Waals surface area (Å²) < 4.78 is 10.5. The van der Waals surface area contributed by atoms with E-state index in [0.29, 0.717) is 22.7 Å². The van der Waals surface area contributed by atoms with Crippen molar-refractivity contribution in [2.45, 2.75) is 50.5 Å². The molecule has 114 valence electrons. The Labute approximate surface area is 126 Å². The lowest BCUT2D eigenvalue weighted by molar-refractivity contribution is -0.115. The maximum absolute atomic E-state index is 12.0. The minimum absolute atomic E-state index is 0.214. The van der Waals surface area contributed by atoms with Crippen LogP contribution in [0.2, 0.25) is 0 Å². The molecule has 0 radical (unpaired) electrons. The first-order valence-corrected chi connectivity index (χ1v) is 7.38. The van der Waals surface area contributed by atoms with Gasteiger partial charge in [-0.1, -0.05) is 37.7 Å². The lowest BCUT2D eigenvalue weighted by Crippen LogP contribution is -2.22. The van der Waals surface area contributed by atoms with Crippen molar-refractivity contribution < 1.29 is 13.7 Å². The molecule has 2 aromatic rings. The van der Waals surface area contributed by atoms with E-state index in [-0.39, 0.29) is 11.3 Å². The van der Waals surface area contributed by atoms with Crippen molar-refractivity contribution in [3.63, 3.8) is 0 Å². The van der Waals surface area contributed by atoms with Gasteiger partial charge in [-0.3, -0.25) is 10.1 Å². The average molecular weight is 310 g/mol. The Morgan fingerprint density at radius 2 is 2.10 bits per heavy atom. The number of thioether (sulfide) groups is 1. The van der Waals surface area contributed by atoms with Crippen LogP contribution in [0.25, 0.3) is 0 Å². The van der Waals surface area contributed by atoms with Crippen molar-refractivity contribution in [2.24, 2.45) is 0 Å². The molecule has 2 aromatic heterocycles. The molecule has 1 N–H and O–H groups in total. The summed E-state index contributed by atoms with van der Waals surface area (Å²) in [5.74, 6) is 0.654. The number of amides is 1. The molecule has 0 spiro atoms. The van der Waals surface area contributed by atoms with Gasteiger partial charge in [0.15, 0.2) is 0 Å². The van der Waals surface area contributed by atoms with Crippen LogP contribution in [-0.4, -0.2) is 26.5 Å². The molecule has 0 aliphatic heterocycles. The summed E-state index contributed by atoms with van der Waals surface area (Å²) in [4.78, 5) is 12.0. The molecule has 1 atom stereocenters. The number of anilines is 1. The number of hydrogen-bond acceptors (Lipinski definition) is 7. The van der Waals surface area contributed by atoms with Crippen LogP contribution in [0.1, 0.15) is 39.3 Å². The van der Waals surface area contributed by atoms with E-state index in [0.717, 1.165) is 0 Å². The van der Waals surface area contributed by atoms with E-state index in [1.165, 1.54) is 11.8 Å². The van der Waals surface area contributed by atoms with E-state index >= 15 is 0 Å². The monoisotopic (exact) mass is 310 g/mol. The SMILES string of the molecule is Cc1cc(NC(=O)[C@@H](C)Sc2nnc(C(C)(C)C)o2)on1. The summed E-state index contributed by atoms with van der Waals surface area (Å²) in [6.45, 7) is 9.49. The summed E-state index contributed by atoms with van der Waals surface area (Å²) in [7, 11) is 0. The fourth-order valence-electron chi connectivity index (χ4n) is 1.41. The van der Waals surface area contributed by atoms with Crippen molar-refractivity contribution in [1.29, 1.82) is 0 Å². The lowest BCUT2D eigenvalue weighted by Gasteiger charge is -2.11. The van der Waals surface area contributed by atoms with Crippen LogP contribution in [-0.2, 0) is 10.2 Å². The quantitative estimate of drug-likeness (QED) is 0.868. The largest absolute Gasteiger partial charge is 0.415 e. The average Bonchev–Trinajstić information content (AvgIpc) is 2.98. The number of carbonyl (C=O) groups excluding carboxylic acids is 1. The Kier molecular flexibility index (Phi) is 4.36. The van der Waals surface area contributed by atoms with E-state index in [2.05, 4.69) is 20.7 Å². The van der Waals surface area contributed by atoms with Gasteiger partial charge in [0.2, 0.25) is 17.7 Å². The van der Waals surface area contributed by atoms with E-state index in [9.17, 15) is 4.79 Å². The van der Waals surface area contributed by atoms with Crippen LogP contribution < -0.4 is 5.32 Å². The fourth-order valence-corrected chi connectivity index (χ4v) is 2.09. The number of nitrogens with one attached hydrogen (secondary N) is 1. The Morgan fingerprint density at radius 1 is 1.38 bits per heavy atom. The van der Waals surface area contributed by atoms with Gasteiger partial charge < -0.3 is 8.94 Å². The third kappa shape index (κ3) is 4.07. The van der Waals surface area contributed by atoms with Gasteiger partial charge in [-0.05, 0) is 13.8 Å². The smallest absolute Gasteiger partial charge is 0.277 e. The number of hydrogen-bond donors (Lipinski definition) is 1. The maximum Gasteiger partial charge on any atom is 0.277 e. The highest BCUT2D eigenvalue weighted by Crippen LogP contribution is 2.27. The van der Waals surface area contributed by atoms with E-state index in [1.54, 1.807) is 19.9 Å². The van der Waals surface area contributed by atoms with Gasteiger partial charge >= 0.3 is 0 Å². The van der Waals surface area contributed by atoms with Gasteiger partial charge in [0.05, 0.1) is 10.9 Å². The normalized spacial score (nSPS) is 13.2. The molecular weight excluding hydrogens is 292 g/mol. The highest BCUT2D eigenvalue weighted by Gasteiger charge is 2.24. The number of rotatable bonds is 4. The van der Waals surface area contributed by atoms with Crippen LogP contribution in [0.5, 0.6) is 0 Å². The molecule has 2 rings (SSSR count). The fraction of sp³-hybridized carbons (Fsp3) is 0.538. The predicted molar refractivity (Wildman–Crippen MR) is 78.2 cm³/mol. The molecule has 8 heteroatoms. The van der Waals surface area contributed by atoms with Crippen molar-refractivity contribution >= 4 is 23.6 Å². The van der Waals surface area contributed by atoms with Gasteiger partial charge in [-0.25, -0.2) is 0 Å². The third-order valence-electron chi connectivity index (χ3n) is 2.57. The minimum Gasteiger partial charge on any atom is -0.415 e. The summed E-state index contributed by atoms with van der Waals surface area (Å²) >= 11 is 1.20. The van der Waals surface area contributed by atoms with E-state index < -0.39 is 5.25 Å². The molecule has 0 bridgehead atoms. The maximum atomic E-state index is 12.0. The highest BCUT2D eigenvalue weighted by atomic mass is 32.2. The summed E-state index contributed by atoms with van der Waals surface area (Å²) in [5, 5.41) is 14.3. The first kappa shape index (κ1) is 15.6. The number of aryl methyl sites for hydroxylation is 1. The summed E-state index contributed by atoms with van der Waals surface area (Å²) in [6, 6.07) is 1.65. The van der Waals surface area contributed by atoms with Gasteiger partial charge in [0.25, 0.3) is 5.22 Å². The van der Waals surface area contributed by atoms with E-state index in [4.69, 9.17) is 8.94 Å². The van der Waals surface area contributed by atoms with Crippen LogP contribution in [0, 0.1) is 6.92 Å². The number of nitrogens with zero attached hydrogens (tertiary/aromatic N) is 3. The molecule has 0 unspecified atom stereocenters. The Bertz CT molecular complexity index is 629. The molecule has 0 fully saturated rings. The second kappa shape index (κ2) is 5.88. The Balaban J connectivity index is 1.96. The number of aromatic nitrogens is 3. The molecule has 0 saturated carbocycles. The number of carbonyl (C=O) groups is 1. The molecule has 0 saturated heterocycles. The topological polar surface area (TPSA) is 94.1 Å². The molecule has 0 aliphatic carbocycles. The summed E-state index contributed by atoms with van der Waals surface area (Å²) in [5.41, 5.74) is 0.492. The minimum atomic E-state index is -0.399. The van der Waals surface area contributed by atoms with E-state index in [1.807, 2.05) is 20.8 Å². The van der Waals surface area contributed by atoms with Crippen LogP contribution in [0.3, 0.4) is 0 Å². The predicted octanol–water partition coefficient (Wildman–Crippen LogP) is 2.78. The first-order valence-electron chi connectivity index (χ1n) is 6.50. The molecule has 21 heavy (non-hydrogen) atoms. The van der Waals surface area contributed by atoms with Gasteiger partial charge in [-0.15, -0.1) is 10.2 Å². The molecule has 2 heterocycles. The summed E-state index contributed by atoms with van der Waals surface area (Å²) in [6.07, 6.45) is 0. The van der Waals surface area contributed by atoms with Gasteiger partial charge in [0, 0.05) is 11.5 Å². The zero-order chi connectivity index (χ0) is 15.6. The van der Waals surface area contributed by atoms with Crippen molar-refractivity contribution in [1.82, 2.24) is 15.4 Å².